The van der Waals surface area contributed by atoms with E-state index in [0.29, 0.717) is 11.1 Å². The van der Waals surface area contributed by atoms with Crippen LogP contribution in [0, 0.1) is 11.3 Å². The predicted octanol–water partition coefficient (Wildman–Crippen LogP) is 3.25. The van der Waals surface area contributed by atoms with E-state index in [4.69, 9.17) is 5.26 Å². The molecular formula is C18H14F2N2O2. The number of aliphatic hydroxyl groups is 1. The van der Waals surface area contributed by atoms with Crippen molar-refractivity contribution >= 4 is 11.6 Å². The first-order valence-corrected chi connectivity index (χ1v) is 7.36. The first-order valence-electron chi connectivity index (χ1n) is 7.36. The summed E-state index contributed by atoms with van der Waals surface area (Å²) in [6.45, 7) is 1.31. The average molecular weight is 328 g/mol. The van der Waals surface area contributed by atoms with Crippen LogP contribution in [0.4, 0.5) is 14.5 Å². The summed E-state index contributed by atoms with van der Waals surface area (Å²) in [5, 5.41) is 18.7. The van der Waals surface area contributed by atoms with Crippen molar-refractivity contribution in [2.75, 3.05) is 4.90 Å². The minimum Gasteiger partial charge on any atom is -0.389 e. The molecule has 0 bridgehead atoms. The van der Waals surface area contributed by atoms with E-state index in [-0.39, 0.29) is 17.8 Å². The molecule has 0 spiro atoms. The Balaban J connectivity index is 2.07. The normalized spacial score (nSPS) is 16.6. The molecule has 1 N–H and O–H groups in total. The topological polar surface area (TPSA) is 64.3 Å². The molecule has 0 fully saturated rings. The van der Waals surface area contributed by atoms with Gasteiger partial charge in [-0.2, -0.15) is 14.0 Å². The Labute approximate surface area is 137 Å². The van der Waals surface area contributed by atoms with Gasteiger partial charge in [0.1, 0.15) is 0 Å². The highest BCUT2D eigenvalue weighted by molar-refractivity contribution is 6.06. The lowest BCUT2D eigenvalue weighted by molar-refractivity contribution is -0.141. The molecule has 0 radical (unpaired) electrons. The molecule has 0 unspecified atom stereocenters. The minimum absolute atomic E-state index is 0.0409. The lowest BCUT2D eigenvalue weighted by atomic mass is 9.98. The van der Waals surface area contributed by atoms with E-state index in [1.807, 2.05) is 6.07 Å². The third-order valence-electron chi connectivity index (χ3n) is 4.04. The molecule has 1 atom stereocenters. The fraction of sp³-hybridized carbons (Fsp3) is 0.222. The molecule has 0 saturated heterocycles. The third kappa shape index (κ3) is 2.43. The predicted molar refractivity (Wildman–Crippen MR) is 83.3 cm³/mol. The zero-order chi connectivity index (χ0) is 17.5. The van der Waals surface area contributed by atoms with Crippen molar-refractivity contribution in [3.63, 3.8) is 0 Å². The molecule has 1 aliphatic rings. The number of nitriles is 1. The van der Waals surface area contributed by atoms with Gasteiger partial charge < -0.3 is 10.0 Å². The monoisotopic (exact) mass is 328 g/mol. The van der Waals surface area contributed by atoms with E-state index in [9.17, 15) is 18.7 Å². The number of amides is 1. The first-order chi connectivity index (χ1) is 11.4. The number of anilines is 1. The average Bonchev–Trinajstić information content (AvgIpc) is 2.76. The van der Waals surface area contributed by atoms with Gasteiger partial charge in [-0.15, -0.1) is 0 Å². The number of hydrogen-bond acceptors (Lipinski definition) is 3. The van der Waals surface area contributed by atoms with E-state index in [1.165, 1.54) is 25.1 Å². The summed E-state index contributed by atoms with van der Waals surface area (Å²) in [6, 6.07) is 12.8. The molecule has 0 saturated carbocycles. The van der Waals surface area contributed by atoms with Gasteiger partial charge in [0.05, 0.1) is 35.5 Å². The van der Waals surface area contributed by atoms with Gasteiger partial charge in [-0.3, -0.25) is 4.79 Å². The number of halogens is 2. The van der Waals surface area contributed by atoms with Crippen molar-refractivity contribution in [1.29, 1.82) is 5.26 Å². The van der Waals surface area contributed by atoms with Crippen LogP contribution >= 0.6 is 0 Å². The third-order valence-corrected chi connectivity index (χ3v) is 4.04. The molecule has 0 aromatic heterocycles. The molecule has 2 aromatic carbocycles. The molecule has 0 aliphatic carbocycles. The van der Waals surface area contributed by atoms with E-state index in [0.717, 1.165) is 4.90 Å². The van der Waals surface area contributed by atoms with Gasteiger partial charge in [0.15, 0.2) is 0 Å². The smallest absolute Gasteiger partial charge is 0.352 e. The van der Waals surface area contributed by atoms with E-state index in [2.05, 4.69) is 0 Å². The van der Waals surface area contributed by atoms with Gasteiger partial charge in [0.25, 0.3) is 0 Å². The Morgan fingerprint density at radius 2 is 2.00 bits per heavy atom. The molecule has 3 rings (SSSR count). The van der Waals surface area contributed by atoms with Gasteiger partial charge >= 0.3 is 11.8 Å². The van der Waals surface area contributed by atoms with Crippen LogP contribution in [0.3, 0.4) is 0 Å². The maximum absolute atomic E-state index is 14.5. The van der Waals surface area contributed by atoms with Crippen molar-refractivity contribution in [1.82, 2.24) is 0 Å². The Kier molecular flexibility index (Phi) is 3.82. The SMILES string of the molecule is C[C@H](O)c1cccc2c1C(F)(F)C(=O)N2Cc1cccc(C#N)c1. The second-order valence-corrected chi connectivity index (χ2v) is 5.70. The number of fused-ring (bicyclic) bond motifs is 1. The van der Waals surface area contributed by atoms with E-state index in [1.54, 1.807) is 24.3 Å². The number of aliphatic hydroxyl groups excluding tert-OH is 1. The number of rotatable bonds is 3. The molecular weight excluding hydrogens is 314 g/mol. The molecule has 24 heavy (non-hydrogen) atoms. The Morgan fingerprint density at radius 3 is 2.67 bits per heavy atom. The van der Waals surface area contributed by atoms with Crippen molar-refractivity contribution < 1.29 is 18.7 Å². The molecule has 2 aromatic rings. The van der Waals surface area contributed by atoms with Crippen LogP contribution in [0.15, 0.2) is 42.5 Å². The fourth-order valence-electron chi connectivity index (χ4n) is 2.94. The fourth-order valence-corrected chi connectivity index (χ4v) is 2.94. The lowest BCUT2D eigenvalue weighted by Crippen LogP contribution is -2.34. The Hall–Kier alpha value is -2.78. The number of benzene rings is 2. The summed E-state index contributed by atoms with van der Waals surface area (Å²) in [4.78, 5) is 13.2. The van der Waals surface area contributed by atoms with Crippen molar-refractivity contribution in [3.8, 4) is 6.07 Å². The number of hydrogen-bond donors (Lipinski definition) is 1. The van der Waals surface area contributed by atoms with Crippen LogP contribution in [0.25, 0.3) is 0 Å². The van der Waals surface area contributed by atoms with Crippen molar-refractivity contribution in [2.24, 2.45) is 0 Å². The highest BCUT2D eigenvalue weighted by atomic mass is 19.3. The molecule has 1 aliphatic heterocycles. The summed E-state index contributed by atoms with van der Waals surface area (Å²) in [6.07, 6.45) is -1.11. The van der Waals surface area contributed by atoms with Crippen molar-refractivity contribution in [3.05, 3.63) is 64.7 Å². The van der Waals surface area contributed by atoms with Gasteiger partial charge in [0, 0.05) is 0 Å². The second-order valence-electron chi connectivity index (χ2n) is 5.70. The summed E-state index contributed by atoms with van der Waals surface area (Å²) >= 11 is 0. The highest BCUT2D eigenvalue weighted by Gasteiger charge is 2.54. The van der Waals surface area contributed by atoms with Gasteiger partial charge in [-0.05, 0) is 36.2 Å². The lowest BCUT2D eigenvalue weighted by Gasteiger charge is -2.17. The van der Waals surface area contributed by atoms with Crippen LogP contribution in [0.5, 0.6) is 0 Å². The molecule has 122 valence electrons. The van der Waals surface area contributed by atoms with Crippen LogP contribution in [0.1, 0.15) is 35.3 Å². The second kappa shape index (κ2) is 5.69. The zero-order valence-electron chi connectivity index (χ0n) is 12.8. The quantitative estimate of drug-likeness (QED) is 0.940. The van der Waals surface area contributed by atoms with Crippen LogP contribution in [-0.2, 0) is 17.3 Å². The van der Waals surface area contributed by atoms with Crippen LogP contribution < -0.4 is 4.90 Å². The maximum atomic E-state index is 14.5. The van der Waals surface area contributed by atoms with E-state index >= 15 is 0 Å². The number of carbonyl (C=O) groups is 1. The molecule has 6 heteroatoms. The molecule has 1 heterocycles. The minimum atomic E-state index is -3.68. The van der Waals surface area contributed by atoms with Crippen LogP contribution in [-0.4, -0.2) is 11.0 Å². The molecule has 1 amide bonds. The van der Waals surface area contributed by atoms with Gasteiger partial charge in [-0.1, -0.05) is 24.3 Å². The number of nitrogens with zero attached hydrogens (tertiary/aromatic N) is 2. The number of alkyl halides is 2. The summed E-state index contributed by atoms with van der Waals surface area (Å²) in [5.41, 5.74) is 0.656. The van der Waals surface area contributed by atoms with Gasteiger partial charge in [0.2, 0.25) is 0 Å². The highest BCUT2D eigenvalue weighted by Crippen LogP contribution is 2.47. The zero-order valence-corrected chi connectivity index (χ0v) is 12.8. The molecule has 4 nitrogen and oxygen atoms in total. The van der Waals surface area contributed by atoms with Gasteiger partial charge in [-0.25, -0.2) is 0 Å². The summed E-state index contributed by atoms with van der Waals surface area (Å²) in [7, 11) is 0. The van der Waals surface area contributed by atoms with E-state index < -0.39 is 23.5 Å². The number of carbonyl (C=O) groups excluding carboxylic acids is 1. The Morgan fingerprint density at radius 1 is 1.29 bits per heavy atom. The first kappa shape index (κ1) is 16.1. The summed E-state index contributed by atoms with van der Waals surface area (Å²) < 4.78 is 29.0. The standard InChI is InChI=1S/C18H14F2N2O2/c1-11(23)14-6-3-7-15-16(14)18(19,20)17(24)22(15)10-13-5-2-4-12(8-13)9-21/h2-8,11,23H,10H2,1H3/t11-/m0/s1. The Bertz CT molecular complexity index is 856. The summed E-state index contributed by atoms with van der Waals surface area (Å²) in [5.74, 6) is -5.01. The largest absolute Gasteiger partial charge is 0.389 e. The van der Waals surface area contributed by atoms with Crippen LogP contribution in [0.2, 0.25) is 0 Å². The maximum Gasteiger partial charge on any atom is 0.352 e. The van der Waals surface area contributed by atoms with Crippen molar-refractivity contribution in [2.45, 2.75) is 25.5 Å².